The van der Waals surface area contributed by atoms with Crippen molar-refractivity contribution in [2.24, 2.45) is 7.05 Å². The summed E-state index contributed by atoms with van der Waals surface area (Å²) in [6.45, 7) is 2.06. The molecule has 0 radical (unpaired) electrons. The molecule has 1 aliphatic rings. The van der Waals surface area contributed by atoms with Crippen LogP contribution in [-0.2, 0) is 7.05 Å². The minimum absolute atomic E-state index is 0.0555. The smallest absolute Gasteiger partial charge is 0.297 e. The lowest BCUT2D eigenvalue weighted by Crippen LogP contribution is -2.40. The van der Waals surface area contributed by atoms with Gasteiger partial charge in [-0.05, 0) is 25.3 Å². The number of anilines is 1. The van der Waals surface area contributed by atoms with E-state index in [1.807, 2.05) is 30.3 Å². The lowest BCUT2D eigenvalue weighted by atomic mass is 10.1. The molecule has 1 aliphatic heterocycles. The largest absolute Gasteiger partial charge is 0.501 e. The van der Waals surface area contributed by atoms with Gasteiger partial charge in [-0.3, -0.25) is 23.3 Å². The van der Waals surface area contributed by atoms with Gasteiger partial charge in [-0.2, -0.15) is 0 Å². The molecule has 28 heavy (non-hydrogen) atoms. The molecule has 1 saturated heterocycles. The number of hydrogen-bond donors (Lipinski definition) is 4. The molecular formula is C18H24N4O5S. The minimum Gasteiger partial charge on any atom is -0.501 e. The number of nitrogens with zero attached hydrogens (tertiary/aromatic N) is 3. The van der Waals surface area contributed by atoms with Crippen LogP contribution in [0.1, 0.15) is 41.9 Å². The predicted octanol–water partition coefficient (Wildman–Crippen LogP) is 2.24. The van der Waals surface area contributed by atoms with Gasteiger partial charge in [0.25, 0.3) is 11.5 Å². The van der Waals surface area contributed by atoms with E-state index >= 15 is 0 Å². The van der Waals surface area contributed by atoms with Crippen LogP contribution < -0.4 is 15.2 Å². The Morgan fingerprint density at radius 1 is 1.25 bits per heavy atom. The highest BCUT2D eigenvalue weighted by molar-refractivity contribution is 8.25. The second kappa shape index (κ2) is 7.82. The van der Waals surface area contributed by atoms with E-state index in [-0.39, 0.29) is 24.3 Å². The van der Waals surface area contributed by atoms with Gasteiger partial charge in [-0.25, -0.2) is 9.29 Å². The quantitative estimate of drug-likeness (QED) is 0.611. The van der Waals surface area contributed by atoms with Crippen LogP contribution in [0.4, 0.5) is 5.95 Å². The molecule has 1 atom stereocenters. The molecule has 1 amide bonds. The van der Waals surface area contributed by atoms with Crippen molar-refractivity contribution < 1.29 is 19.0 Å². The van der Waals surface area contributed by atoms with E-state index in [0.717, 1.165) is 10.1 Å². The Morgan fingerprint density at radius 2 is 1.93 bits per heavy atom. The van der Waals surface area contributed by atoms with Crippen LogP contribution >= 0.6 is 10.8 Å². The van der Waals surface area contributed by atoms with Gasteiger partial charge in [0.2, 0.25) is 11.7 Å². The molecule has 0 saturated carbocycles. The van der Waals surface area contributed by atoms with Crippen LogP contribution in [0.2, 0.25) is 0 Å². The molecule has 0 aliphatic carbocycles. The van der Waals surface area contributed by atoms with Crippen LogP contribution in [0.15, 0.2) is 35.1 Å². The topological polar surface area (TPSA) is 128 Å². The summed E-state index contributed by atoms with van der Waals surface area (Å²) in [5.41, 5.74) is -0.422. The molecule has 1 aromatic heterocycles. The normalized spacial score (nSPS) is 18.4. The average Bonchev–Trinajstić information content (AvgIpc) is 2.67. The highest BCUT2D eigenvalue weighted by atomic mass is 32.3. The van der Waals surface area contributed by atoms with Crippen molar-refractivity contribution in [2.45, 2.75) is 25.8 Å². The summed E-state index contributed by atoms with van der Waals surface area (Å²) >= 11 is 0. The van der Waals surface area contributed by atoms with Crippen molar-refractivity contribution in [1.82, 2.24) is 14.9 Å². The highest BCUT2D eigenvalue weighted by Gasteiger charge is 2.32. The summed E-state index contributed by atoms with van der Waals surface area (Å²) in [6.07, 6.45) is 1.34. The summed E-state index contributed by atoms with van der Waals surface area (Å²) < 4.78 is 22.9. The molecule has 1 fully saturated rings. The second-order valence-corrected chi connectivity index (χ2v) is 8.84. The predicted molar refractivity (Wildman–Crippen MR) is 108 cm³/mol. The van der Waals surface area contributed by atoms with Gasteiger partial charge >= 0.3 is 0 Å². The Hall–Kier alpha value is -2.56. The molecule has 2 aromatic rings. The maximum Gasteiger partial charge on any atom is 0.297 e. The van der Waals surface area contributed by atoms with Gasteiger partial charge in [0.15, 0.2) is 5.69 Å². The first kappa shape index (κ1) is 20.2. The Kier molecular flexibility index (Phi) is 5.64. The number of aromatic hydroxyl groups is 1. The van der Waals surface area contributed by atoms with Crippen LogP contribution in [-0.4, -0.2) is 42.0 Å². The first-order valence-electron chi connectivity index (χ1n) is 8.92. The maximum absolute atomic E-state index is 12.7. The van der Waals surface area contributed by atoms with Crippen molar-refractivity contribution in [3.63, 3.8) is 0 Å². The first-order chi connectivity index (χ1) is 13.2. The fourth-order valence-electron chi connectivity index (χ4n) is 3.09. The SMILES string of the molecule is C[C@H](NC(=O)c1nc(N2CCCCS2(O)O)n(C)c(=O)c1O)c1ccccc1. The number of aromatic nitrogens is 2. The van der Waals surface area contributed by atoms with Crippen LogP contribution in [0, 0.1) is 0 Å². The van der Waals surface area contributed by atoms with Gasteiger partial charge in [0, 0.05) is 13.6 Å². The van der Waals surface area contributed by atoms with E-state index in [9.17, 15) is 23.8 Å². The van der Waals surface area contributed by atoms with E-state index in [1.165, 1.54) is 11.4 Å². The van der Waals surface area contributed by atoms with E-state index in [2.05, 4.69) is 10.3 Å². The second-order valence-electron chi connectivity index (χ2n) is 6.72. The van der Waals surface area contributed by atoms with E-state index in [1.54, 1.807) is 6.92 Å². The van der Waals surface area contributed by atoms with Crippen molar-refractivity contribution in [3.8, 4) is 5.75 Å². The van der Waals surface area contributed by atoms with Crippen LogP contribution in [0.5, 0.6) is 5.75 Å². The van der Waals surface area contributed by atoms with Crippen molar-refractivity contribution in [3.05, 3.63) is 51.9 Å². The number of carbonyl (C=O) groups is 1. The zero-order valence-electron chi connectivity index (χ0n) is 15.7. The third-order valence-corrected chi connectivity index (χ3v) is 6.60. The Morgan fingerprint density at radius 3 is 2.57 bits per heavy atom. The molecule has 3 rings (SSSR count). The molecule has 9 nitrogen and oxygen atoms in total. The molecule has 1 aromatic carbocycles. The van der Waals surface area contributed by atoms with E-state index in [0.29, 0.717) is 12.8 Å². The summed E-state index contributed by atoms with van der Waals surface area (Å²) in [5.74, 6) is -1.39. The molecule has 0 unspecified atom stereocenters. The number of carbonyl (C=O) groups excluding carboxylic acids is 1. The van der Waals surface area contributed by atoms with E-state index < -0.39 is 33.7 Å². The maximum atomic E-state index is 12.7. The Bertz CT molecular complexity index is 932. The monoisotopic (exact) mass is 408 g/mol. The van der Waals surface area contributed by atoms with Crippen LogP contribution in [0.3, 0.4) is 0 Å². The van der Waals surface area contributed by atoms with Crippen molar-refractivity contribution in [2.75, 3.05) is 16.6 Å². The zero-order valence-corrected chi connectivity index (χ0v) is 16.5. The van der Waals surface area contributed by atoms with Gasteiger partial charge in [0.1, 0.15) is 0 Å². The first-order valence-corrected chi connectivity index (χ1v) is 10.6. The fourth-order valence-corrected chi connectivity index (χ4v) is 4.75. The van der Waals surface area contributed by atoms with Gasteiger partial charge < -0.3 is 10.4 Å². The molecule has 4 N–H and O–H groups in total. The molecule has 152 valence electrons. The molecule has 0 spiro atoms. The number of amides is 1. The number of benzene rings is 1. The molecular weight excluding hydrogens is 384 g/mol. The fraction of sp³-hybridized carbons (Fsp3) is 0.389. The van der Waals surface area contributed by atoms with Crippen molar-refractivity contribution >= 4 is 22.6 Å². The minimum atomic E-state index is -3.14. The van der Waals surface area contributed by atoms with E-state index in [4.69, 9.17) is 0 Å². The third kappa shape index (κ3) is 3.84. The summed E-state index contributed by atoms with van der Waals surface area (Å²) in [6, 6.07) is 8.84. The zero-order chi connectivity index (χ0) is 20.5. The average molecular weight is 408 g/mol. The summed E-state index contributed by atoms with van der Waals surface area (Å²) in [4.78, 5) is 29.3. The Labute approximate surface area is 164 Å². The van der Waals surface area contributed by atoms with Crippen LogP contribution in [0.25, 0.3) is 0 Å². The highest BCUT2D eigenvalue weighted by Crippen LogP contribution is 2.48. The lowest BCUT2D eigenvalue weighted by molar-refractivity contribution is 0.0931. The third-order valence-electron chi connectivity index (χ3n) is 4.71. The number of hydrogen-bond acceptors (Lipinski definition) is 7. The van der Waals surface area contributed by atoms with Gasteiger partial charge in [0.05, 0.1) is 11.8 Å². The van der Waals surface area contributed by atoms with Gasteiger partial charge in [-0.15, -0.1) is 10.8 Å². The molecule has 10 heteroatoms. The number of rotatable bonds is 4. The molecule has 0 bridgehead atoms. The van der Waals surface area contributed by atoms with Gasteiger partial charge in [-0.1, -0.05) is 30.3 Å². The standard InChI is InChI=1S/C18H24N4O5S/c1-12(13-8-4-3-5-9-13)19-16(24)14-15(23)17(25)21(2)18(20-14)22-10-6-7-11-28(22,26)27/h3-5,8-9,12,23,26-27H,6-7,10-11H2,1-2H3,(H,19,24)/t12-/m0/s1. The Balaban J connectivity index is 1.96. The lowest BCUT2D eigenvalue weighted by Gasteiger charge is -2.46. The summed E-state index contributed by atoms with van der Waals surface area (Å²) in [7, 11) is -1.78. The number of nitrogens with one attached hydrogen (secondary N) is 1. The molecule has 2 heterocycles. The van der Waals surface area contributed by atoms with Crippen molar-refractivity contribution in [1.29, 1.82) is 0 Å². The summed E-state index contributed by atoms with van der Waals surface area (Å²) in [5, 5.41) is 12.9.